The van der Waals surface area contributed by atoms with Crippen LogP contribution in [-0.2, 0) is 9.47 Å². The van der Waals surface area contributed by atoms with Crippen LogP contribution >= 0.6 is 0 Å². The van der Waals surface area contributed by atoms with Gasteiger partial charge >= 0.3 is 0 Å². The first kappa shape index (κ1) is 16.5. The Balaban J connectivity index is 2.12. The molecule has 21 heavy (non-hydrogen) atoms. The third-order valence-corrected chi connectivity index (χ3v) is 5.03. The van der Waals surface area contributed by atoms with Gasteiger partial charge in [-0.25, -0.2) is 0 Å². The smallest absolute Gasteiger partial charge is 0.167 e. The van der Waals surface area contributed by atoms with Crippen molar-refractivity contribution in [2.75, 3.05) is 20.8 Å². The monoisotopic (exact) mass is 291 g/mol. The van der Waals surface area contributed by atoms with Crippen LogP contribution in [0.2, 0.25) is 0 Å². The molecular weight excluding hydrogens is 262 g/mol. The van der Waals surface area contributed by atoms with E-state index in [1.165, 1.54) is 16.7 Å². The fourth-order valence-electron chi connectivity index (χ4n) is 3.80. The van der Waals surface area contributed by atoms with Crippen molar-refractivity contribution in [3.8, 4) is 0 Å². The van der Waals surface area contributed by atoms with Gasteiger partial charge < -0.3 is 15.2 Å². The molecule has 0 bridgehead atoms. The van der Waals surface area contributed by atoms with Gasteiger partial charge in [-0.3, -0.25) is 0 Å². The molecule has 0 radical (unpaired) electrons. The van der Waals surface area contributed by atoms with E-state index in [9.17, 15) is 0 Å². The summed E-state index contributed by atoms with van der Waals surface area (Å²) in [5.74, 6) is 0.683. The molecule has 3 nitrogen and oxygen atoms in total. The van der Waals surface area contributed by atoms with Crippen LogP contribution in [0.4, 0.5) is 0 Å². The van der Waals surface area contributed by atoms with E-state index in [0.29, 0.717) is 18.4 Å². The van der Waals surface area contributed by atoms with E-state index in [1.54, 1.807) is 14.2 Å². The number of aryl methyl sites for hydroxylation is 2. The molecule has 0 spiro atoms. The van der Waals surface area contributed by atoms with Crippen molar-refractivity contribution in [3.63, 3.8) is 0 Å². The number of benzene rings is 1. The van der Waals surface area contributed by atoms with Crippen molar-refractivity contribution in [2.45, 2.75) is 51.2 Å². The molecule has 3 heteroatoms. The van der Waals surface area contributed by atoms with Crippen molar-refractivity contribution < 1.29 is 9.47 Å². The van der Waals surface area contributed by atoms with Gasteiger partial charge in [0.15, 0.2) is 5.79 Å². The average molecular weight is 291 g/mol. The van der Waals surface area contributed by atoms with Gasteiger partial charge in [-0.1, -0.05) is 29.3 Å². The van der Waals surface area contributed by atoms with E-state index in [4.69, 9.17) is 15.2 Å². The van der Waals surface area contributed by atoms with E-state index in [-0.39, 0.29) is 5.79 Å². The highest BCUT2D eigenvalue weighted by Gasteiger charge is 2.37. The number of hydrogen-bond donors (Lipinski definition) is 1. The zero-order valence-corrected chi connectivity index (χ0v) is 13.8. The molecule has 1 saturated carbocycles. The number of nitrogens with two attached hydrogens (primary N) is 1. The Morgan fingerprint density at radius 1 is 1.10 bits per heavy atom. The summed E-state index contributed by atoms with van der Waals surface area (Å²) in [6.07, 6.45) is 4.12. The van der Waals surface area contributed by atoms with Crippen molar-refractivity contribution in [1.82, 2.24) is 0 Å². The molecule has 0 aromatic heterocycles. The van der Waals surface area contributed by atoms with Gasteiger partial charge in [0.25, 0.3) is 0 Å². The topological polar surface area (TPSA) is 44.5 Å². The van der Waals surface area contributed by atoms with Crippen LogP contribution in [0, 0.1) is 19.8 Å². The van der Waals surface area contributed by atoms with Crippen molar-refractivity contribution in [2.24, 2.45) is 11.7 Å². The van der Waals surface area contributed by atoms with Gasteiger partial charge in [0.1, 0.15) is 0 Å². The molecule has 1 aliphatic rings. The van der Waals surface area contributed by atoms with E-state index < -0.39 is 0 Å². The van der Waals surface area contributed by atoms with Gasteiger partial charge in [-0.2, -0.15) is 0 Å². The number of methoxy groups -OCH3 is 2. The quantitative estimate of drug-likeness (QED) is 0.844. The second-order valence-corrected chi connectivity index (χ2v) is 6.42. The highest BCUT2D eigenvalue weighted by Crippen LogP contribution is 2.41. The van der Waals surface area contributed by atoms with E-state index >= 15 is 0 Å². The highest BCUT2D eigenvalue weighted by atomic mass is 16.7. The molecule has 1 aromatic carbocycles. The van der Waals surface area contributed by atoms with E-state index in [1.807, 2.05) is 0 Å². The molecule has 0 aliphatic heterocycles. The minimum absolute atomic E-state index is 0.377. The van der Waals surface area contributed by atoms with Crippen LogP contribution in [0.5, 0.6) is 0 Å². The lowest BCUT2D eigenvalue weighted by molar-refractivity contribution is -0.228. The van der Waals surface area contributed by atoms with Gasteiger partial charge in [-0.05, 0) is 50.6 Å². The summed E-state index contributed by atoms with van der Waals surface area (Å²) in [5, 5.41) is 0. The number of ether oxygens (including phenoxy) is 2. The summed E-state index contributed by atoms with van der Waals surface area (Å²) in [5.41, 5.74) is 10.1. The van der Waals surface area contributed by atoms with Crippen LogP contribution in [0.3, 0.4) is 0 Å². The van der Waals surface area contributed by atoms with Crippen LogP contribution in [0.1, 0.15) is 48.3 Å². The minimum atomic E-state index is -0.377. The molecule has 0 saturated heterocycles. The third-order valence-electron chi connectivity index (χ3n) is 5.03. The third kappa shape index (κ3) is 3.65. The first-order valence-corrected chi connectivity index (χ1v) is 7.92. The molecule has 118 valence electrons. The van der Waals surface area contributed by atoms with Crippen molar-refractivity contribution in [1.29, 1.82) is 0 Å². The average Bonchev–Trinajstić information content (AvgIpc) is 2.48. The lowest BCUT2D eigenvalue weighted by Crippen LogP contribution is -2.40. The Labute approximate surface area is 128 Å². The maximum Gasteiger partial charge on any atom is 0.167 e. The van der Waals surface area contributed by atoms with E-state index in [2.05, 4.69) is 32.0 Å². The van der Waals surface area contributed by atoms with Crippen LogP contribution in [0.25, 0.3) is 0 Å². The number of rotatable bonds is 5. The van der Waals surface area contributed by atoms with Crippen LogP contribution in [-0.4, -0.2) is 26.6 Å². The maximum absolute atomic E-state index is 6.11. The van der Waals surface area contributed by atoms with Gasteiger partial charge in [0.2, 0.25) is 0 Å². The largest absolute Gasteiger partial charge is 0.353 e. The molecule has 1 aromatic rings. The molecule has 0 amide bonds. The zero-order valence-electron chi connectivity index (χ0n) is 13.8. The fourth-order valence-corrected chi connectivity index (χ4v) is 3.80. The molecule has 2 rings (SSSR count). The molecule has 1 fully saturated rings. The van der Waals surface area contributed by atoms with Crippen molar-refractivity contribution >= 4 is 0 Å². The zero-order chi connectivity index (χ0) is 15.5. The van der Waals surface area contributed by atoms with Gasteiger partial charge in [0, 0.05) is 27.1 Å². The highest BCUT2D eigenvalue weighted by molar-refractivity contribution is 5.31. The normalized spacial score (nSPS) is 20.4. The Bertz CT molecular complexity index is 438. The van der Waals surface area contributed by atoms with E-state index in [0.717, 1.165) is 25.7 Å². The Morgan fingerprint density at radius 2 is 1.62 bits per heavy atom. The summed E-state index contributed by atoms with van der Waals surface area (Å²) in [6.45, 7) is 5.03. The summed E-state index contributed by atoms with van der Waals surface area (Å²) >= 11 is 0. The predicted molar refractivity (Wildman–Crippen MR) is 86.4 cm³/mol. The van der Waals surface area contributed by atoms with Crippen molar-refractivity contribution in [3.05, 3.63) is 34.9 Å². The van der Waals surface area contributed by atoms with Crippen LogP contribution in [0.15, 0.2) is 18.2 Å². The Morgan fingerprint density at radius 3 is 2.05 bits per heavy atom. The molecule has 0 heterocycles. The summed E-state index contributed by atoms with van der Waals surface area (Å²) in [4.78, 5) is 0. The second kappa shape index (κ2) is 6.91. The Kier molecular flexibility index (Phi) is 5.42. The Hall–Kier alpha value is -0.900. The fraction of sp³-hybridized carbons (Fsp3) is 0.667. The van der Waals surface area contributed by atoms with Gasteiger partial charge in [-0.15, -0.1) is 0 Å². The SMILES string of the molecule is COC1(OC)CCC(C(CN)c2cc(C)cc(C)c2)CC1. The molecule has 1 atom stereocenters. The second-order valence-electron chi connectivity index (χ2n) is 6.42. The lowest BCUT2D eigenvalue weighted by atomic mass is 9.74. The molecular formula is C18H29NO2. The summed E-state index contributed by atoms with van der Waals surface area (Å²) in [7, 11) is 3.49. The molecule has 1 unspecified atom stereocenters. The first-order chi connectivity index (χ1) is 10.0. The summed E-state index contributed by atoms with van der Waals surface area (Å²) in [6, 6.07) is 6.80. The predicted octanol–water partition coefficient (Wildman–Crippen LogP) is 3.53. The minimum Gasteiger partial charge on any atom is -0.353 e. The maximum atomic E-state index is 6.11. The molecule has 2 N–H and O–H groups in total. The lowest BCUT2D eigenvalue weighted by Gasteiger charge is -2.40. The standard InChI is InChI=1S/C18H29NO2/c1-13-9-14(2)11-16(10-13)17(12-19)15-5-7-18(20-3,21-4)8-6-15/h9-11,15,17H,5-8,12,19H2,1-4H3. The summed E-state index contributed by atoms with van der Waals surface area (Å²) < 4.78 is 11.2. The number of hydrogen-bond acceptors (Lipinski definition) is 3. The van der Waals surface area contributed by atoms with Crippen LogP contribution < -0.4 is 5.73 Å². The first-order valence-electron chi connectivity index (χ1n) is 7.92. The van der Waals surface area contributed by atoms with Gasteiger partial charge in [0.05, 0.1) is 0 Å². The molecule has 1 aliphatic carbocycles.